The number of hydrogen-bond donors (Lipinski definition) is 1. The van der Waals surface area contributed by atoms with Gasteiger partial charge in [0, 0.05) is 6.42 Å². The molecule has 0 heterocycles. The summed E-state index contributed by atoms with van der Waals surface area (Å²) in [5.74, 6) is 0. The van der Waals surface area contributed by atoms with Gasteiger partial charge < -0.3 is 10.1 Å². The van der Waals surface area contributed by atoms with Crippen LogP contribution in [0, 0.1) is 0 Å². The van der Waals surface area contributed by atoms with Crippen molar-refractivity contribution in [1.29, 1.82) is 0 Å². The molecule has 0 unspecified atom stereocenters. The average Bonchev–Trinajstić information content (AvgIpc) is 2.06. The Kier molecular flexibility index (Phi) is 51.5. The summed E-state index contributed by atoms with van der Waals surface area (Å²) in [5.41, 5.74) is 0. The highest BCUT2D eigenvalue weighted by atomic mass is 16.1. The van der Waals surface area contributed by atoms with E-state index in [0.717, 1.165) is 12.8 Å². The molecular weight excluding hydrogens is 138 g/mol. The number of carbonyl (C=O) groups is 1. The molecule has 0 bridgehead atoms. The molecule has 0 aliphatic heterocycles. The Hall–Kier alpha value is -0.370. The lowest BCUT2D eigenvalue weighted by Crippen LogP contribution is -2.01. The molecular formula is C9H23NO. The molecule has 0 rings (SSSR count). The maximum absolute atomic E-state index is 9.17. The van der Waals surface area contributed by atoms with Gasteiger partial charge in [0.15, 0.2) is 0 Å². The first-order chi connectivity index (χ1) is 5.24. The minimum Gasteiger partial charge on any atom is -0.320 e. The maximum atomic E-state index is 9.17. The van der Waals surface area contributed by atoms with Crippen LogP contribution >= 0.6 is 0 Å². The van der Waals surface area contributed by atoms with Crippen molar-refractivity contribution < 1.29 is 4.79 Å². The van der Waals surface area contributed by atoms with Crippen molar-refractivity contribution in [1.82, 2.24) is 5.32 Å². The van der Waals surface area contributed by atoms with Crippen molar-refractivity contribution in [3.05, 3.63) is 0 Å². The highest BCUT2D eigenvalue weighted by molar-refractivity contribution is 5.48. The predicted molar refractivity (Wildman–Crippen MR) is 51.9 cm³/mol. The number of hydrogen-bond acceptors (Lipinski definition) is 2. The average molecular weight is 161 g/mol. The van der Waals surface area contributed by atoms with Crippen LogP contribution in [-0.4, -0.2) is 19.9 Å². The normalized spacial score (nSPS) is 6.64. The molecule has 2 nitrogen and oxygen atoms in total. The molecule has 0 aromatic carbocycles. The van der Waals surface area contributed by atoms with Crippen molar-refractivity contribution in [2.24, 2.45) is 0 Å². The summed E-state index contributed by atoms with van der Waals surface area (Å²) in [6.45, 7) is 9.20. The highest BCUT2D eigenvalue weighted by Gasteiger charge is 1.52. The summed E-state index contributed by atoms with van der Waals surface area (Å²) in [6, 6.07) is 0. The standard InChI is InChI=1S/C3H9N.C3H6O.C3H8/c1-3-4-2;1-2-3-4;1-3-2/h4H,3H2,1-2H3;3H,2H2,1H3;3H2,1-2H3. The van der Waals surface area contributed by atoms with Gasteiger partial charge in [-0.05, 0) is 13.6 Å². The third-order valence-electron chi connectivity index (χ3n) is 0.520. The Morgan fingerprint density at radius 3 is 1.36 bits per heavy atom. The summed E-state index contributed by atoms with van der Waals surface area (Å²) in [5, 5.41) is 2.93. The van der Waals surface area contributed by atoms with Crippen LogP contribution < -0.4 is 5.32 Å². The van der Waals surface area contributed by atoms with E-state index >= 15 is 0 Å². The van der Waals surface area contributed by atoms with E-state index in [0.29, 0.717) is 6.42 Å². The fourth-order valence-corrected chi connectivity index (χ4v) is 0. The summed E-state index contributed by atoms with van der Waals surface area (Å²) >= 11 is 0. The molecule has 0 radical (unpaired) electrons. The monoisotopic (exact) mass is 161 g/mol. The molecule has 11 heavy (non-hydrogen) atoms. The first kappa shape index (κ1) is 16.9. The Morgan fingerprint density at radius 2 is 1.36 bits per heavy atom. The molecule has 0 amide bonds. The van der Waals surface area contributed by atoms with Crippen molar-refractivity contribution in [2.45, 2.75) is 40.5 Å². The first-order valence-corrected chi connectivity index (χ1v) is 4.33. The van der Waals surface area contributed by atoms with Gasteiger partial charge in [-0.25, -0.2) is 0 Å². The second-order valence-electron chi connectivity index (χ2n) is 1.99. The number of aldehydes is 1. The van der Waals surface area contributed by atoms with Gasteiger partial charge in [0.1, 0.15) is 6.29 Å². The molecule has 1 N–H and O–H groups in total. The first-order valence-electron chi connectivity index (χ1n) is 4.33. The van der Waals surface area contributed by atoms with Gasteiger partial charge in [-0.1, -0.05) is 34.1 Å². The second kappa shape index (κ2) is 33.5. The minimum atomic E-state index is 0.639. The van der Waals surface area contributed by atoms with E-state index in [-0.39, 0.29) is 0 Å². The van der Waals surface area contributed by atoms with Crippen LogP contribution in [-0.2, 0) is 4.79 Å². The molecule has 70 valence electrons. The van der Waals surface area contributed by atoms with Gasteiger partial charge in [0.25, 0.3) is 0 Å². The molecule has 0 saturated carbocycles. The van der Waals surface area contributed by atoms with Crippen LogP contribution in [0.5, 0.6) is 0 Å². The zero-order valence-corrected chi connectivity index (χ0v) is 8.61. The summed E-state index contributed by atoms with van der Waals surface area (Å²) in [6.07, 6.45) is 2.76. The van der Waals surface area contributed by atoms with E-state index < -0.39 is 0 Å². The molecule has 2 heteroatoms. The van der Waals surface area contributed by atoms with Gasteiger partial charge in [-0.2, -0.15) is 0 Å². The summed E-state index contributed by atoms with van der Waals surface area (Å²) in [7, 11) is 1.93. The van der Waals surface area contributed by atoms with E-state index in [9.17, 15) is 4.79 Å². The number of nitrogens with one attached hydrogen (secondary N) is 1. The largest absolute Gasteiger partial charge is 0.320 e. The second-order valence-corrected chi connectivity index (χ2v) is 1.99. The maximum Gasteiger partial charge on any atom is 0.119 e. The number of carbonyl (C=O) groups excluding carboxylic acids is 1. The fourth-order valence-electron chi connectivity index (χ4n) is 0. The van der Waals surface area contributed by atoms with Crippen molar-refractivity contribution in [3.8, 4) is 0 Å². The van der Waals surface area contributed by atoms with Gasteiger partial charge in [0.05, 0.1) is 0 Å². The Balaban J connectivity index is -0.0000000886. The lowest BCUT2D eigenvalue weighted by molar-refractivity contribution is -0.107. The molecule has 0 fully saturated rings. The summed E-state index contributed by atoms with van der Waals surface area (Å²) < 4.78 is 0. The van der Waals surface area contributed by atoms with Crippen LogP contribution in [0.25, 0.3) is 0 Å². The minimum absolute atomic E-state index is 0.639. The zero-order valence-electron chi connectivity index (χ0n) is 8.61. The Labute approximate surface area is 71.4 Å². The lowest BCUT2D eigenvalue weighted by Gasteiger charge is -1.76. The molecule has 0 aromatic rings. The smallest absolute Gasteiger partial charge is 0.119 e. The SMILES string of the molecule is CCC.CCC=O.CCNC. The van der Waals surface area contributed by atoms with Crippen molar-refractivity contribution in [2.75, 3.05) is 13.6 Å². The van der Waals surface area contributed by atoms with Gasteiger partial charge >= 0.3 is 0 Å². The predicted octanol–water partition coefficient (Wildman–Crippen LogP) is 2.24. The molecule has 0 atom stereocenters. The lowest BCUT2D eigenvalue weighted by atomic mass is 10.6. The van der Waals surface area contributed by atoms with Crippen LogP contribution in [0.4, 0.5) is 0 Å². The molecule has 0 saturated heterocycles. The van der Waals surface area contributed by atoms with Crippen LogP contribution in [0.15, 0.2) is 0 Å². The van der Waals surface area contributed by atoms with E-state index in [1.807, 2.05) is 14.0 Å². The third-order valence-corrected chi connectivity index (χ3v) is 0.520. The van der Waals surface area contributed by atoms with Crippen LogP contribution in [0.2, 0.25) is 0 Å². The highest BCUT2D eigenvalue weighted by Crippen LogP contribution is 1.56. The van der Waals surface area contributed by atoms with Crippen molar-refractivity contribution in [3.63, 3.8) is 0 Å². The topological polar surface area (TPSA) is 29.1 Å². The van der Waals surface area contributed by atoms with Gasteiger partial charge in [-0.15, -0.1) is 0 Å². The van der Waals surface area contributed by atoms with Crippen LogP contribution in [0.3, 0.4) is 0 Å². The summed E-state index contributed by atoms with van der Waals surface area (Å²) in [4.78, 5) is 9.17. The van der Waals surface area contributed by atoms with Gasteiger partial charge in [0.2, 0.25) is 0 Å². The van der Waals surface area contributed by atoms with Crippen LogP contribution in [0.1, 0.15) is 40.5 Å². The van der Waals surface area contributed by atoms with E-state index in [1.165, 1.54) is 6.42 Å². The van der Waals surface area contributed by atoms with E-state index in [2.05, 4.69) is 26.1 Å². The molecule has 0 spiro atoms. The number of rotatable bonds is 2. The van der Waals surface area contributed by atoms with E-state index in [4.69, 9.17) is 0 Å². The van der Waals surface area contributed by atoms with E-state index in [1.54, 1.807) is 0 Å². The van der Waals surface area contributed by atoms with Gasteiger partial charge in [-0.3, -0.25) is 0 Å². The fraction of sp³-hybridized carbons (Fsp3) is 0.889. The Morgan fingerprint density at radius 1 is 1.18 bits per heavy atom. The Bertz CT molecular complexity index is 44.8. The van der Waals surface area contributed by atoms with Crippen molar-refractivity contribution >= 4 is 6.29 Å². The quantitative estimate of drug-likeness (QED) is 0.629. The third kappa shape index (κ3) is 211. The molecule has 0 aliphatic rings. The molecule has 0 aromatic heterocycles. The zero-order chi connectivity index (χ0) is 9.54. The molecule has 0 aliphatic carbocycles.